The molecule has 394 valence electrons. The first-order valence-corrected chi connectivity index (χ1v) is 26.8. The van der Waals surface area contributed by atoms with E-state index in [1.54, 1.807) is 52.5 Å². The van der Waals surface area contributed by atoms with Crippen LogP contribution in [0, 0.1) is 20.3 Å². The Morgan fingerprint density at radius 1 is 0.935 bits per heavy atom. The van der Waals surface area contributed by atoms with E-state index in [1.165, 1.54) is 0 Å². The smallest absolute Gasteiger partial charge is 0.645 e. The fourth-order valence-corrected chi connectivity index (χ4v) is 12.4. The van der Waals surface area contributed by atoms with Crippen molar-refractivity contribution in [1.29, 1.82) is 0 Å². The Morgan fingerprint density at radius 3 is 2.43 bits per heavy atom. The molecular formula is C56H64Cs2F2N12O4S. The fourth-order valence-electron chi connectivity index (χ4n) is 11.6. The van der Waals surface area contributed by atoms with Gasteiger partial charge in [0.1, 0.15) is 11.7 Å². The number of anilines is 2. The first-order chi connectivity index (χ1) is 35.8. The molecule has 2 aromatic carbocycles. The molecule has 2 saturated heterocycles. The number of carbonyl (C=O) groups excluding carboxylic acids is 3. The molecule has 0 bridgehead atoms. The zero-order valence-corrected chi connectivity index (χ0v) is 58.8. The minimum absolute atomic E-state index is 0. The predicted octanol–water partition coefficient (Wildman–Crippen LogP) is 4.56. The molecule has 0 spiro atoms. The van der Waals surface area contributed by atoms with Gasteiger partial charge in [-0.15, -0.1) is 16.4 Å². The number of carbonyl (C=O) groups is 3. The first-order valence-electron chi connectivity index (χ1n) is 25.9. The molecule has 0 N–H and O–H groups in total. The average molecular weight is 1310 g/mol. The maximum atomic E-state index is 15.6. The Balaban J connectivity index is 0.00000261. The number of rotatable bonds is 13. The molecule has 11 rings (SSSR count). The van der Waals surface area contributed by atoms with E-state index in [-0.39, 0.29) is 187 Å². The number of thiazole rings is 1. The van der Waals surface area contributed by atoms with Gasteiger partial charge in [0.2, 0.25) is 11.8 Å². The van der Waals surface area contributed by atoms with Crippen LogP contribution in [0.2, 0.25) is 0 Å². The predicted molar refractivity (Wildman–Crippen MR) is 285 cm³/mol. The van der Waals surface area contributed by atoms with Gasteiger partial charge < -0.3 is 41.5 Å². The summed E-state index contributed by atoms with van der Waals surface area (Å²) in [5, 5.41) is 19.6. The summed E-state index contributed by atoms with van der Waals surface area (Å²) in [6.45, 7) is 13.0. The van der Waals surface area contributed by atoms with E-state index in [1.807, 2.05) is 85.3 Å². The summed E-state index contributed by atoms with van der Waals surface area (Å²) in [6.07, 6.45) is 9.30. The van der Waals surface area contributed by atoms with Crippen molar-refractivity contribution in [3.05, 3.63) is 125 Å². The number of hydrogen-bond donors (Lipinski definition) is 0. The molecule has 5 aromatic heterocycles. The summed E-state index contributed by atoms with van der Waals surface area (Å²) >= 11 is 1.59. The number of alkyl halides is 2. The largest absolute Gasteiger partial charge is 1.00 e. The zero-order valence-electron chi connectivity index (χ0n) is 45.5. The average Bonchev–Trinajstić information content (AvgIpc) is 4.31. The number of pyridine rings is 1. The minimum Gasteiger partial charge on any atom is -0.645 e. The van der Waals surface area contributed by atoms with Crippen LogP contribution in [-0.4, -0.2) is 106 Å². The molecular weight excluding hydrogens is 1240 g/mol. The van der Waals surface area contributed by atoms with E-state index < -0.39 is 24.6 Å². The Kier molecular flexibility index (Phi) is 20.4. The Morgan fingerprint density at radius 2 is 1.71 bits per heavy atom. The van der Waals surface area contributed by atoms with Gasteiger partial charge in [0, 0.05) is 98.2 Å². The van der Waals surface area contributed by atoms with Crippen molar-refractivity contribution in [1.82, 2.24) is 49.1 Å². The molecule has 2 unspecified atom stereocenters. The second-order valence-electron chi connectivity index (χ2n) is 20.5. The van der Waals surface area contributed by atoms with E-state index in [0.717, 1.165) is 69.1 Å². The van der Waals surface area contributed by atoms with Gasteiger partial charge >= 0.3 is 138 Å². The van der Waals surface area contributed by atoms with Crippen molar-refractivity contribution >= 4 is 51.5 Å². The molecule has 16 nitrogen and oxygen atoms in total. The number of aromatic nitrogens is 8. The number of amides is 3. The number of aryl methyl sites for hydroxylation is 2. The van der Waals surface area contributed by atoms with Crippen molar-refractivity contribution in [2.45, 2.75) is 123 Å². The van der Waals surface area contributed by atoms with Gasteiger partial charge in [-0.2, -0.15) is 5.10 Å². The Labute approximate surface area is 570 Å². The number of ether oxygens (including phenoxy) is 1. The minimum atomic E-state index is -2.79. The Bertz CT molecular complexity index is 3240. The third kappa shape index (κ3) is 12.2. The SMILES string of the molecule is CC(=O)N1CCc2c(c(N3CCCc4cc(-c5cn(Cc6cn(C(C(=O)N7CCCC7C(=O)[N-][C@@H](C)c7ccc(-c8scnc8C)cc7)C(C)C)nn6)c6ccncc56)c(C(F)F)cc43)nn2C2CCOCC2)C1.[CH3-].[Cs+].[Cs+]. The topological polar surface area (TPSA) is 164 Å². The summed E-state index contributed by atoms with van der Waals surface area (Å²) in [5.41, 5.74) is 10.8. The van der Waals surface area contributed by atoms with Crippen molar-refractivity contribution in [2.24, 2.45) is 5.92 Å². The van der Waals surface area contributed by atoms with E-state index in [0.29, 0.717) is 93.0 Å². The van der Waals surface area contributed by atoms with E-state index in [9.17, 15) is 14.4 Å². The van der Waals surface area contributed by atoms with Gasteiger partial charge in [-0.25, -0.2) is 18.4 Å². The third-order valence-electron chi connectivity index (χ3n) is 15.5. The molecule has 21 heteroatoms. The first kappa shape index (κ1) is 60.3. The van der Waals surface area contributed by atoms with Crippen LogP contribution >= 0.6 is 11.3 Å². The second kappa shape index (κ2) is 26.0. The molecule has 4 aliphatic heterocycles. The molecule has 0 saturated carbocycles. The van der Waals surface area contributed by atoms with Crippen LogP contribution < -0.4 is 143 Å². The molecule has 4 aliphatic rings. The quantitative estimate of drug-likeness (QED) is 0.150. The maximum Gasteiger partial charge on any atom is 1.00 e. The molecule has 7 aromatic rings. The number of likely N-dealkylation sites (tertiary alicyclic amines) is 1. The van der Waals surface area contributed by atoms with Crippen molar-refractivity contribution in [2.75, 3.05) is 37.7 Å². The van der Waals surface area contributed by atoms with Crippen LogP contribution in [0.3, 0.4) is 0 Å². The molecule has 2 fully saturated rings. The molecule has 3 amide bonds. The van der Waals surface area contributed by atoms with Gasteiger partial charge in [-0.05, 0) is 86.3 Å². The second-order valence-corrected chi connectivity index (χ2v) is 21.4. The maximum absolute atomic E-state index is 15.6. The number of nitrogens with zero attached hydrogens (tertiary/aromatic N) is 12. The number of halogens is 2. The molecule has 77 heavy (non-hydrogen) atoms. The van der Waals surface area contributed by atoms with Crippen LogP contribution in [0.5, 0.6) is 0 Å². The van der Waals surface area contributed by atoms with Gasteiger partial charge in [-0.3, -0.25) is 19.3 Å². The van der Waals surface area contributed by atoms with Gasteiger partial charge in [0.05, 0.1) is 58.9 Å². The van der Waals surface area contributed by atoms with Gasteiger partial charge in [-0.1, -0.05) is 61.9 Å². The van der Waals surface area contributed by atoms with Crippen molar-refractivity contribution in [3.8, 4) is 21.6 Å². The number of hydrogen-bond acceptors (Lipinski definition) is 11. The van der Waals surface area contributed by atoms with Crippen LogP contribution in [0.25, 0.3) is 37.8 Å². The van der Waals surface area contributed by atoms with Crippen LogP contribution in [0.15, 0.2) is 72.8 Å². The Hall–Kier alpha value is -2.76. The van der Waals surface area contributed by atoms with Gasteiger partial charge in [0.15, 0.2) is 5.82 Å². The van der Waals surface area contributed by atoms with Crippen molar-refractivity contribution in [3.63, 3.8) is 0 Å². The summed E-state index contributed by atoms with van der Waals surface area (Å²) in [6, 6.07) is 11.8. The standard InChI is InChI=1S/C55H62F2N12O4S.CH3.2Cs/c1-32(2)50(55(72)67-20-7-9-48(67)54(71)60-33(3)36-10-12-37(13-11-36)51-34(4)59-31-74-51)68-28-39(61-63-68)27-65-29-44(43-26-58-18-14-46(43)65)41-24-38-8-6-19-66(49(38)25-42(41)52(56)57)53-45-30-64(35(5)70)21-15-47(45)69(62-53)40-16-22-73-23-17-40;;;/h10-14,18,24-26,28-29,31-33,40,48,50,52H,6-9,15-17,19-23,27,30H2,1-5H3,(H,60,71);1H3;;/q;-1;2*+1/p-1/t33-,48?,50?;;;/m0.../s1. The molecule has 9 heterocycles. The molecule has 0 aliphatic carbocycles. The van der Waals surface area contributed by atoms with Crippen LogP contribution in [-0.2, 0) is 45.1 Å². The number of fused-ring (bicyclic) bond motifs is 3. The summed E-state index contributed by atoms with van der Waals surface area (Å²) in [7, 11) is 0. The van der Waals surface area contributed by atoms with Crippen LogP contribution in [0.1, 0.15) is 124 Å². The monoisotopic (exact) mass is 1300 g/mol. The van der Waals surface area contributed by atoms with E-state index in [2.05, 4.69) is 35.2 Å². The zero-order chi connectivity index (χ0) is 51.4. The van der Waals surface area contributed by atoms with E-state index >= 15 is 8.78 Å². The van der Waals surface area contributed by atoms with Crippen LogP contribution in [0.4, 0.5) is 20.3 Å². The third-order valence-corrected chi connectivity index (χ3v) is 16.5. The normalized spacial score (nSPS) is 17.4. The fraction of sp³-hybridized carbons (Fsp3) is 0.446. The van der Waals surface area contributed by atoms with Crippen molar-refractivity contribution < 1.29 is 166 Å². The van der Waals surface area contributed by atoms with Gasteiger partial charge in [0.25, 0.3) is 6.43 Å². The summed E-state index contributed by atoms with van der Waals surface area (Å²) in [5.74, 6) is 0.0114. The number of benzene rings is 2. The summed E-state index contributed by atoms with van der Waals surface area (Å²) < 4.78 is 42.6. The summed E-state index contributed by atoms with van der Waals surface area (Å²) in [4.78, 5) is 56.6. The molecule has 3 atom stereocenters. The molecule has 0 radical (unpaired) electrons. The van der Waals surface area contributed by atoms with E-state index in [4.69, 9.17) is 9.84 Å².